The number of benzene rings is 2. The fraction of sp³-hybridized carbons (Fsp3) is 0.308. The van der Waals surface area contributed by atoms with Crippen molar-refractivity contribution < 1.29 is 67.7 Å². The average molecular weight is 592 g/mol. The van der Waals surface area contributed by atoms with Crippen LogP contribution in [0, 0.1) is 0 Å². The molecular formula is C26H22N3NaO10S. The summed E-state index contributed by atoms with van der Waals surface area (Å²) in [6, 6.07) is 8.07. The summed E-state index contributed by atoms with van der Waals surface area (Å²) in [5, 5.41) is 13.5. The van der Waals surface area contributed by atoms with Crippen molar-refractivity contribution in [3.8, 4) is 5.75 Å². The van der Waals surface area contributed by atoms with E-state index < -0.39 is 63.5 Å². The Morgan fingerprint density at radius 3 is 2.39 bits per heavy atom. The van der Waals surface area contributed by atoms with E-state index >= 15 is 0 Å². The van der Waals surface area contributed by atoms with Gasteiger partial charge >= 0.3 is 41.5 Å². The number of amides is 2. The molecule has 208 valence electrons. The van der Waals surface area contributed by atoms with Gasteiger partial charge in [-0.25, -0.2) is 14.2 Å². The molecule has 0 aliphatic carbocycles. The Bertz CT molecular complexity index is 1670. The number of ether oxygens (including phenoxy) is 2. The molecule has 2 aliphatic heterocycles. The van der Waals surface area contributed by atoms with E-state index in [4.69, 9.17) is 9.15 Å². The van der Waals surface area contributed by atoms with Crippen molar-refractivity contribution in [1.29, 1.82) is 0 Å². The second-order valence-electron chi connectivity index (χ2n) is 9.61. The number of methoxy groups -OCH3 is 1. The zero-order valence-electron chi connectivity index (χ0n) is 22.3. The van der Waals surface area contributed by atoms with E-state index in [9.17, 15) is 33.9 Å². The maximum atomic E-state index is 13.7. The number of β-lactam (4-membered cyclic amide) rings is 1. The molecule has 0 spiro atoms. The SMILES string of the molecule is COC(=O)Oc1cccc2c(=O)n([C@@H](C(=O)N[C@@H]3C(=O)N4[C@@H]3SC(C)(C)[C@@H]4C(=O)[O-])c3ccccc3)c(=O)oc12.[Na+]. The van der Waals surface area contributed by atoms with Crippen LogP contribution in [0.3, 0.4) is 0 Å². The number of hydrogen-bond donors (Lipinski definition) is 1. The second kappa shape index (κ2) is 11.4. The Kier molecular flexibility index (Phi) is 8.41. The molecule has 2 saturated heterocycles. The molecule has 13 nitrogen and oxygen atoms in total. The van der Waals surface area contributed by atoms with Gasteiger partial charge in [0.05, 0.1) is 24.5 Å². The van der Waals surface area contributed by atoms with Gasteiger partial charge in [-0.15, -0.1) is 11.8 Å². The second-order valence-corrected chi connectivity index (χ2v) is 11.4. The van der Waals surface area contributed by atoms with E-state index in [0.29, 0.717) is 4.57 Å². The van der Waals surface area contributed by atoms with Crippen LogP contribution in [0.15, 0.2) is 62.5 Å². The number of carbonyl (C=O) groups is 4. The number of para-hydroxylation sites is 1. The van der Waals surface area contributed by atoms with Crippen LogP contribution in [0.5, 0.6) is 5.75 Å². The molecular weight excluding hydrogens is 569 g/mol. The first kappa shape index (κ1) is 30.4. The van der Waals surface area contributed by atoms with Crippen LogP contribution < -0.4 is 56.0 Å². The van der Waals surface area contributed by atoms with Crippen LogP contribution >= 0.6 is 11.8 Å². The first-order chi connectivity index (χ1) is 19.0. The zero-order chi connectivity index (χ0) is 28.9. The number of carboxylic acid groups (broad SMARTS) is 1. The van der Waals surface area contributed by atoms with Crippen LogP contribution in [0.25, 0.3) is 11.0 Å². The Morgan fingerprint density at radius 2 is 1.76 bits per heavy atom. The van der Waals surface area contributed by atoms with Crippen molar-refractivity contribution in [2.45, 2.75) is 42.1 Å². The number of thioether (sulfide) groups is 1. The Hall–Kier alpha value is -3.59. The van der Waals surface area contributed by atoms with E-state index in [1.165, 1.54) is 42.1 Å². The van der Waals surface area contributed by atoms with E-state index in [1.807, 2.05) is 0 Å². The summed E-state index contributed by atoms with van der Waals surface area (Å²) in [6.45, 7) is 3.32. The number of carbonyl (C=O) groups excluding carboxylic acids is 4. The van der Waals surface area contributed by atoms with Crippen LogP contribution in [0.1, 0.15) is 25.5 Å². The van der Waals surface area contributed by atoms with Crippen molar-refractivity contribution in [3.63, 3.8) is 0 Å². The normalized spacial score (nSPS) is 21.2. The van der Waals surface area contributed by atoms with Gasteiger partial charge < -0.3 is 34.0 Å². The van der Waals surface area contributed by atoms with Crippen LogP contribution in [0.4, 0.5) is 4.79 Å². The standard InChI is InChI=1S/C26H23N3O10S.Na/c1-26(2)18(23(33)34)29-21(32)15(22(29)40-26)27-19(30)16(12-8-5-4-6-9-12)28-20(31)13-10-7-11-14(38-25(36)37-3)17(13)39-24(28)35;/h4-11,15-16,18,22H,1-3H3,(H,27,30)(H,33,34);/q;+1/p-1/t15-,16-,18+,22-;/m1./s1. The topological polar surface area (TPSA) is 177 Å². The number of aromatic nitrogens is 1. The first-order valence-electron chi connectivity index (χ1n) is 12.0. The molecule has 0 radical (unpaired) electrons. The first-order valence-corrected chi connectivity index (χ1v) is 12.8. The van der Waals surface area contributed by atoms with E-state index in [1.54, 1.807) is 32.0 Å². The molecule has 0 saturated carbocycles. The number of fused-ring (bicyclic) bond motifs is 2. The molecule has 0 bridgehead atoms. The van der Waals surface area contributed by atoms with E-state index in [-0.39, 0.29) is 51.8 Å². The van der Waals surface area contributed by atoms with Crippen molar-refractivity contribution >= 4 is 46.7 Å². The summed E-state index contributed by atoms with van der Waals surface area (Å²) >= 11 is 1.20. The van der Waals surface area contributed by atoms with Gasteiger partial charge in [0.25, 0.3) is 5.56 Å². The molecule has 15 heteroatoms. The summed E-state index contributed by atoms with van der Waals surface area (Å²) in [4.78, 5) is 77.9. The van der Waals surface area contributed by atoms with Crippen LogP contribution in [0.2, 0.25) is 0 Å². The molecule has 3 aromatic rings. The van der Waals surface area contributed by atoms with Gasteiger partial charge in [-0.3, -0.25) is 14.4 Å². The predicted molar refractivity (Wildman–Crippen MR) is 137 cm³/mol. The minimum absolute atomic E-state index is 0. The summed E-state index contributed by atoms with van der Waals surface area (Å²) in [5.41, 5.74) is -0.999. The zero-order valence-corrected chi connectivity index (χ0v) is 25.1. The van der Waals surface area contributed by atoms with Crippen molar-refractivity contribution in [2.75, 3.05) is 7.11 Å². The minimum atomic E-state index is -1.56. The fourth-order valence-corrected chi connectivity index (χ4v) is 6.61. The van der Waals surface area contributed by atoms with Crippen LogP contribution in [-0.2, 0) is 19.1 Å². The third kappa shape index (κ3) is 5.16. The van der Waals surface area contributed by atoms with Gasteiger partial charge in [0.15, 0.2) is 11.3 Å². The maximum absolute atomic E-state index is 13.7. The number of nitrogens with zero attached hydrogens (tertiary/aromatic N) is 2. The quantitative estimate of drug-likeness (QED) is 0.134. The van der Waals surface area contributed by atoms with Gasteiger partial charge in [-0.05, 0) is 31.5 Å². The summed E-state index contributed by atoms with van der Waals surface area (Å²) < 4.78 is 14.5. The smallest absolute Gasteiger partial charge is 0.548 e. The number of carboxylic acids is 1. The Labute approximate surface area is 258 Å². The number of nitrogens with one attached hydrogen (secondary N) is 1. The molecule has 1 aromatic heterocycles. The average Bonchev–Trinajstić information content (AvgIpc) is 3.18. The molecule has 1 N–H and O–H groups in total. The molecule has 4 atom stereocenters. The molecule has 5 rings (SSSR count). The number of aliphatic carboxylic acids is 1. The number of hydrogen-bond acceptors (Lipinski definition) is 11. The maximum Gasteiger partial charge on any atom is 1.00 e. The fourth-order valence-electron chi connectivity index (χ4n) is 4.98. The molecule has 0 unspecified atom stereocenters. The van der Waals surface area contributed by atoms with Crippen molar-refractivity contribution in [1.82, 2.24) is 14.8 Å². The predicted octanol–water partition coefficient (Wildman–Crippen LogP) is -3.01. The van der Waals surface area contributed by atoms with E-state index in [0.717, 1.165) is 12.0 Å². The monoisotopic (exact) mass is 591 g/mol. The molecule has 41 heavy (non-hydrogen) atoms. The van der Waals surface area contributed by atoms with Gasteiger partial charge in [-0.1, -0.05) is 36.4 Å². The minimum Gasteiger partial charge on any atom is -0.548 e. The van der Waals surface area contributed by atoms with Gasteiger partial charge in [0.2, 0.25) is 11.8 Å². The summed E-state index contributed by atoms with van der Waals surface area (Å²) in [6.07, 6.45) is -1.10. The molecule has 3 heterocycles. The Balaban J connectivity index is 0.00000387. The Morgan fingerprint density at radius 1 is 1.07 bits per heavy atom. The largest absolute Gasteiger partial charge is 1.00 e. The van der Waals surface area contributed by atoms with Crippen molar-refractivity contribution in [2.24, 2.45) is 0 Å². The van der Waals surface area contributed by atoms with Crippen LogP contribution in [-0.4, -0.2) is 62.7 Å². The molecule has 2 fully saturated rings. The van der Waals surface area contributed by atoms with Gasteiger partial charge in [0, 0.05) is 4.75 Å². The molecule has 2 amide bonds. The third-order valence-corrected chi connectivity index (χ3v) is 8.33. The van der Waals surface area contributed by atoms with Crippen molar-refractivity contribution in [3.05, 3.63) is 75.0 Å². The van der Waals surface area contributed by atoms with Gasteiger partial charge in [-0.2, -0.15) is 0 Å². The van der Waals surface area contributed by atoms with E-state index in [2.05, 4.69) is 10.1 Å². The summed E-state index contributed by atoms with van der Waals surface area (Å²) in [7, 11) is 1.08. The number of rotatable bonds is 6. The molecule has 2 aromatic carbocycles. The summed E-state index contributed by atoms with van der Waals surface area (Å²) in [5.74, 6) is -4.36. The third-order valence-electron chi connectivity index (χ3n) is 6.76. The molecule has 2 aliphatic rings. The van der Waals surface area contributed by atoms with Gasteiger partial charge in [0.1, 0.15) is 17.5 Å².